The molecule has 84 valence electrons. The van der Waals surface area contributed by atoms with Gasteiger partial charge >= 0.3 is 0 Å². The van der Waals surface area contributed by atoms with E-state index in [1.54, 1.807) is 11.3 Å². The maximum Gasteiger partial charge on any atom is 0.0768 e. The molecule has 1 rings (SSSR count). The first-order valence-electron chi connectivity index (χ1n) is 4.71. The summed E-state index contributed by atoms with van der Waals surface area (Å²) in [6, 6.07) is 4.21. The van der Waals surface area contributed by atoms with Crippen molar-refractivity contribution in [3.05, 3.63) is 20.8 Å². The Morgan fingerprint density at radius 2 is 2.33 bits per heavy atom. The Balaban J connectivity index is 2.42. The molecule has 2 N–H and O–H groups in total. The Bertz CT molecular complexity index is 338. The van der Waals surface area contributed by atoms with E-state index in [-0.39, 0.29) is 5.92 Å². The van der Waals surface area contributed by atoms with Crippen molar-refractivity contribution in [1.29, 1.82) is 0 Å². The molecule has 0 fully saturated rings. The highest BCUT2D eigenvalue weighted by Crippen LogP contribution is 2.23. The Labute approximate surface area is 109 Å². The molecule has 2 nitrogen and oxygen atoms in total. The summed E-state index contributed by atoms with van der Waals surface area (Å²) in [5, 5.41) is 0. The molecule has 1 aromatic heterocycles. The molecule has 0 aliphatic heterocycles. The summed E-state index contributed by atoms with van der Waals surface area (Å²) in [7, 11) is 2.09. The largest absolute Gasteiger partial charge is 0.393 e. The SMILES string of the molecule is CC(CN(C)Cc1ccc(Br)s1)C(N)=S. The van der Waals surface area contributed by atoms with Crippen LogP contribution in [0.15, 0.2) is 15.9 Å². The summed E-state index contributed by atoms with van der Waals surface area (Å²) in [6.07, 6.45) is 0. The highest BCUT2D eigenvalue weighted by atomic mass is 79.9. The molecule has 15 heavy (non-hydrogen) atoms. The van der Waals surface area contributed by atoms with E-state index >= 15 is 0 Å². The van der Waals surface area contributed by atoms with Gasteiger partial charge in [0.2, 0.25) is 0 Å². The van der Waals surface area contributed by atoms with Crippen LogP contribution in [-0.4, -0.2) is 23.5 Å². The fourth-order valence-corrected chi connectivity index (χ4v) is 2.96. The summed E-state index contributed by atoms with van der Waals surface area (Å²) in [6.45, 7) is 3.91. The van der Waals surface area contributed by atoms with Crippen LogP contribution in [0.2, 0.25) is 0 Å². The molecular weight excluding hydrogens is 292 g/mol. The highest BCUT2D eigenvalue weighted by molar-refractivity contribution is 9.11. The summed E-state index contributed by atoms with van der Waals surface area (Å²) in [5.41, 5.74) is 5.58. The van der Waals surface area contributed by atoms with Crippen LogP contribution in [0.3, 0.4) is 0 Å². The van der Waals surface area contributed by atoms with Crippen LogP contribution in [0, 0.1) is 5.92 Å². The highest BCUT2D eigenvalue weighted by Gasteiger charge is 2.09. The van der Waals surface area contributed by atoms with Crippen LogP contribution in [0.5, 0.6) is 0 Å². The monoisotopic (exact) mass is 306 g/mol. The van der Waals surface area contributed by atoms with Crippen molar-refractivity contribution in [3.63, 3.8) is 0 Å². The van der Waals surface area contributed by atoms with Gasteiger partial charge in [0.15, 0.2) is 0 Å². The van der Waals surface area contributed by atoms with E-state index in [0.717, 1.165) is 13.1 Å². The average molecular weight is 307 g/mol. The number of nitrogens with zero attached hydrogens (tertiary/aromatic N) is 1. The van der Waals surface area contributed by atoms with Crippen molar-refractivity contribution in [2.24, 2.45) is 11.7 Å². The second-order valence-corrected chi connectivity index (χ2v) is 6.72. The summed E-state index contributed by atoms with van der Waals surface area (Å²) < 4.78 is 1.17. The van der Waals surface area contributed by atoms with Gasteiger partial charge in [0.05, 0.1) is 8.77 Å². The zero-order valence-electron chi connectivity index (χ0n) is 8.87. The Hall–Kier alpha value is 0.0300. The number of hydrogen-bond donors (Lipinski definition) is 1. The normalized spacial score (nSPS) is 13.1. The molecule has 1 unspecified atom stereocenters. The van der Waals surface area contributed by atoms with Crippen LogP contribution in [0.1, 0.15) is 11.8 Å². The minimum Gasteiger partial charge on any atom is -0.393 e. The lowest BCUT2D eigenvalue weighted by molar-refractivity contribution is 0.310. The fourth-order valence-electron chi connectivity index (χ4n) is 1.32. The van der Waals surface area contributed by atoms with E-state index in [1.807, 2.05) is 0 Å². The quantitative estimate of drug-likeness (QED) is 0.848. The van der Waals surface area contributed by atoms with Crippen LogP contribution in [0.25, 0.3) is 0 Å². The first-order valence-corrected chi connectivity index (χ1v) is 6.73. The second kappa shape index (κ2) is 5.94. The van der Waals surface area contributed by atoms with Crippen molar-refractivity contribution in [1.82, 2.24) is 4.90 Å². The number of rotatable bonds is 5. The van der Waals surface area contributed by atoms with Crippen molar-refractivity contribution < 1.29 is 0 Å². The lowest BCUT2D eigenvalue weighted by atomic mass is 10.2. The lowest BCUT2D eigenvalue weighted by Gasteiger charge is -2.19. The third kappa shape index (κ3) is 4.59. The molecule has 5 heteroatoms. The third-order valence-corrected chi connectivity index (χ3v) is 4.14. The topological polar surface area (TPSA) is 29.3 Å². The minimum atomic E-state index is 0.272. The molecule has 0 aliphatic rings. The molecule has 0 saturated carbocycles. The lowest BCUT2D eigenvalue weighted by Crippen LogP contribution is -2.30. The molecule has 0 bridgehead atoms. The first kappa shape index (κ1) is 13.1. The van der Waals surface area contributed by atoms with Crippen molar-refractivity contribution in [3.8, 4) is 0 Å². The maximum atomic E-state index is 5.58. The van der Waals surface area contributed by atoms with Crippen molar-refractivity contribution >= 4 is 44.5 Å². The van der Waals surface area contributed by atoms with Crippen LogP contribution in [-0.2, 0) is 6.54 Å². The Morgan fingerprint density at radius 3 is 2.80 bits per heavy atom. The fraction of sp³-hybridized carbons (Fsp3) is 0.500. The summed E-state index contributed by atoms with van der Waals surface area (Å²) in [4.78, 5) is 4.18. The standard InChI is InChI=1S/C10H15BrN2S2/c1-7(10(12)14)5-13(2)6-8-3-4-9(11)15-8/h3-4,7H,5-6H2,1-2H3,(H2,12,14). The van der Waals surface area contributed by atoms with Gasteiger partial charge in [0.25, 0.3) is 0 Å². The Morgan fingerprint density at radius 1 is 1.67 bits per heavy atom. The van der Waals surface area contributed by atoms with Crippen LogP contribution in [0.4, 0.5) is 0 Å². The van der Waals surface area contributed by atoms with Gasteiger partial charge in [-0.05, 0) is 35.1 Å². The molecule has 0 saturated heterocycles. The molecule has 0 spiro atoms. The number of thiocarbonyl (C=S) groups is 1. The molecule has 1 heterocycles. The molecule has 0 aliphatic carbocycles. The van der Waals surface area contributed by atoms with Crippen molar-refractivity contribution in [2.75, 3.05) is 13.6 Å². The van der Waals surface area contributed by atoms with Crippen LogP contribution >= 0.6 is 39.5 Å². The van der Waals surface area contributed by atoms with Gasteiger partial charge in [0, 0.05) is 23.9 Å². The van der Waals surface area contributed by atoms with Gasteiger partial charge < -0.3 is 10.6 Å². The van der Waals surface area contributed by atoms with E-state index in [4.69, 9.17) is 18.0 Å². The van der Waals surface area contributed by atoms with E-state index in [0.29, 0.717) is 4.99 Å². The number of nitrogens with two attached hydrogens (primary N) is 1. The van der Waals surface area contributed by atoms with Gasteiger partial charge in [-0.3, -0.25) is 0 Å². The second-order valence-electron chi connectivity index (χ2n) is 3.71. The zero-order valence-corrected chi connectivity index (χ0v) is 12.1. The average Bonchev–Trinajstić information content (AvgIpc) is 2.50. The molecule has 0 radical (unpaired) electrons. The number of thiophene rings is 1. The molecule has 1 aromatic rings. The van der Waals surface area contributed by atoms with Gasteiger partial charge in [-0.25, -0.2) is 0 Å². The Kier molecular flexibility index (Phi) is 5.18. The molecule has 0 aromatic carbocycles. The summed E-state index contributed by atoms with van der Waals surface area (Å²) in [5.74, 6) is 0.272. The molecule has 0 amide bonds. The van der Waals surface area contributed by atoms with Gasteiger partial charge in [-0.15, -0.1) is 11.3 Å². The van der Waals surface area contributed by atoms with E-state index in [9.17, 15) is 0 Å². The van der Waals surface area contributed by atoms with Gasteiger partial charge in [-0.1, -0.05) is 19.1 Å². The van der Waals surface area contributed by atoms with Crippen molar-refractivity contribution in [2.45, 2.75) is 13.5 Å². The van der Waals surface area contributed by atoms with Gasteiger partial charge in [-0.2, -0.15) is 0 Å². The predicted molar refractivity (Wildman–Crippen MR) is 74.3 cm³/mol. The van der Waals surface area contributed by atoms with Gasteiger partial charge in [0.1, 0.15) is 0 Å². The molecule has 1 atom stereocenters. The predicted octanol–water partition coefficient (Wildman–Crippen LogP) is 2.86. The smallest absolute Gasteiger partial charge is 0.0768 e. The summed E-state index contributed by atoms with van der Waals surface area (Å²) >= 11 is 10.2. The first-order chi connectivity index (χ1) is 6.99. The number of halogens is 1. The zero-order chi connectivity index (χ0) is 11.4. The van der Waals surface area contributed by atoms with E-state index in [1.165, 1.54) is 8.66 Å². The van der Waals surface area contributed by atoms with E-state index < -0.39 is 0 Å². The maximum absolute atomic E-state index is 5.58. The van der Waals surface area contributed by atoms with E-state index in [2.05, 4.69) is 46.9 Å². The number of hydrogen-bond acceptors (Lipinski definition) is 3. The third-order valence-electron chi connectivity index (χ3n) is 2.13. The van der Waals surface area contributed by atoms with Crippen LogP contribution < -0.4 is 5.73 Å². The minimum absolute atomic E-state index is 0.272. The molecular formula is C10H15BrN2S2.